The Balaban J connectivity index is 1.53. The third kappa shape index (κ3) is 7.31. The lowest BCUT2D eigenvalue weighted by Crippen LogP contribution is -2.46. The second-order valence-electron chi connectivity index (χ2n) is 10.6. The summed E-state index contributed by atoms with van der Waals surface area (Å²) in [6.45, 7) is 9.66. The van der Waals surface area contributed by atoms with Crippen molar-refractivity contribution >= 4 is 43.2 Å². The molecule has 0 bridgehead atoms. The van der Waals surface area contributed by atoms with Crippen LogP contribution in [-0.4, -0.2) is 74.8 Å². The van der Waals surface area contributed by atoms with Crippen LogP contribution in [0.2, 0.25) is 0 Å². The SMILES string of the molecule is Cc1cnc(Nc2cccc(S(=O)(=[OH+])N3CCN(C)CC3)c2)nc1Nc1cccc(S(=O)(=O)NC(C)(C)C)c1. The minimum atomic E-state index is -3.70. The molecule has 0 saturated carbocycles. The Labute approximate surface area is 230 Å². The van der Waals surface area contributed by atoms with Gasteiger partial charge in [-0.1, -0.05) is 12.1 Å². The van der Waals surface area contributed by atoms with Crippen LogP contribution >= 0.6 is 0 Å². The third-order valence-corrected chi connectivity index (χ3v) is 9.72. The average Bonchev–Trinajstić information content (AvgIpc) is 2.85. The molecule has 4 rings (SSSR count). The van der Waals surface area contributed by atoms with Crippen molar-refractivity contribution in [2.45, 2.75) is 43.0 Å². The van der Waals surface area contributed by atoms with Gasteiger partial charge in [0, 0.05) is 54.9 Å². The number of rotatable bonds is 8. The van der Waals surface area contributed by atoms with E-state index in [2.05, 4.69) is 30.2 Å². The van der Waals surface area contributed by atoms with Crippen LogP contribution in [-0.2, 0) is 20.0 Å². The van der Waals surface area contributed by atoms with E-state index < -0.39 is 25.6 Å². The standard InChI is InChI=1S/C26H35N7O4S2/c1-19-18-27-25(29-21-9-7-11-23(17-21)39(36,37)33-14-12-32(5)13-15-33)30-24(19)28-20-8-6-10-22(16-20)38(34,35)31-26(2,3)4/h6-11,16-18,31H,12-15H2,1-5H3,(H2,27,28,29,30)/p+1. The van der Waals surface area contributed by atoms with Crippen LogP contribution in [0.1, 0.15) is 26.3 Å². The quantitative estimate of drug-likeness (QED) is 0.348. The molecular weight excluding hydrogens is 538 g/mol. The summed E-state index contributed by atoms with van der Waals surface area (Å²) in [5.74, 6) is 0.771. The fraction of sp³-hybridized carbons (Fsp3) is 0.385. The Hall–Kier alpha value is -3.10. The summed E-state index contributed by atoms with van der Waals surface area (Å²) < 4.78 is 54.0. The van der Waals surface area contributed by atoms with Crippen molar-refractivity contribution in [1.82, 2.24) is 23.9 Å². The van der Waals surface area contributed by atoms with E-state index in [-0.39, 0.29) is 10.8 Å². The van der Waals surface area contributed by atoms with Gasteiger partial charge >= 0.3 is 10.0 Å². The Kier molecular flexibility index (Phi) is 8.28. The smallest absolute Gasteiger partial charge is 0.340 e. The predicted molar refractivity (Wildman–Crippen MR) is 154 cm³/mol. The van der Waals surface area contributed by atoms with Crippen LogP contribution in [0.3, 0.4) is 0 Å². The summed E-state index contributed by atoms with van der Waals surface area (Å²) in [5.41, 5.74) is 1.26. The first-order valence-corrected chi connectivity index (χ1v) is 15.5. The van der Waals surface area contributed by atoms with E-state index in [1.165, 1.54) is 6.07 Å². The van der Waals surface area contributed by atoms with E-state index in [0.29, 0.717) is 35.2 Å². The van der Waals surface area contributed by atoms with E-state index >= 15 is 0 Å². The second kappa shape index (κ2) is 11.2. The molecule has 1 fully saturated rings. The maximum absolute atomic E-state index is 13.3. The van der Waals surface area contributed by atoms with Crippen LogP contribution in [0, 0.1) is 6.92 Å². The number of nitrogens with one attached hydrogen (secondary N) is 3. The zero-order chi connectivity index (χ0) is 28.4. The number of hydrogen-bond donors (Lipinski definition) is 3. The molecule has 0 aliphatic carbocycles. The van der Waals surface area contributed by atoms with Crippen molar-refractivity contribution in [2.75, 3.05) is 43.9 Å². The molecule has 0 spiro atoms. The molecule has 2 heterocycles. The van der Waals surface area contributed by atoms with Gasteiger partial charge in [-0.2, -0.15) is 13.5 Å². The van der Waals surface area contributed by atoms with E-state index in [0.717, 1.165) is 18.7 Å². The molecule has 1 unspecified atom stereocenters. The summed E-state index contributed by atoms with van der Waals surface area (Å²) in [6.07, 6.45) is 1.64. The third-order valence-electron chi connectivity index (χ3n) is 6.03. The molecule has 1 aliphatic rings. The Morgan fingerprint density at radius 1 is 0.897 bits per heavy atom. The monoisotopic (exact) mass is 574 g/mol. The van der Waals surface area contributed by atoms with Crippen molar-refractivity contribution in [3.05, 3.63) is 60.3 Å². The van der Waals surface area contributed by atoms with Crippen molar-refractivity contribution in [3.8, 4) is 0 Å². The van der Waals surface area contributed by atoms with Crippen LogP contribution in [0.15, 0.2) is 64.5 Å². The highest BCUT2D eigenvalue weighted by Gasteiger charge is 2.32. The minimum Gasteiger partial charge on any atom is -0.340 e. The van der Waals surface area contributed by atoms with E-state index in [1.54, 1.807) is 73.7 Å². The van der Waals surface area contributed by atoms with Gasteiger partial charge in [0.05, 0.1) is 4.90 Å². The maximum Gasteiger partial charge on any atom is 0.375 e. The van der Waals surface area contributed by atoms with Gasteiger partial charge in [0.2, 0.25) is 16.0 Å². The van der Waals surface area contributed by atoms with E-state index in [1.807, 2.05) is 14.0 Å². The molecule has 1 aromatic heterocycles. The highest BCUT2D eigenvalue weighted by Crippen LogP contribution is 2.25. The first kappa shape index (κ1) is 28.9. The lowest BCUT2D eigenvalue weighted by molar-refractivity contribution is 0.223. The molecule has 0 amide bonds. The number of aryl methyl sites for hydroxylation is 1. The zero-order valence-corrected chi connectivity index (χ0v) is 24.4. The normalized spacial score (nSPS) is 16.9. The molecule has 4 N–H and O–H groups in total. The Morgan fingerprint density at radius 2 is 1.49 bits per heavy atom. The van der Waals surface area contributed by atoms with E-state index in [9.17, 15) is 16.8 Å². The molecule has 0 radical (unpaired) electrons. The van der Waals surface area contributed by atoms with Gasteiger partial charge in [-0.05, 0) is 71.1 Å². The number of piperazine rings is 1. The lowest BCUT2D eigenvalue weighted by atomic mass is 10.1. The van der Waals surface area contributed by atoms with Crippen molar-refractivity contribution < 1.29 is 16.8 Å². The van der Waals surface area contributed by atoms with Gasteiger partial charge in [-0.25, -0.2) is 22.3 Å². The number of sulfonamides is 1. The molecule has 2 aromatic carbocycles. The van der Waals surface area contributed by atoms with Crippen molar-refractivity contribution in [1.29, 1.82) is 0 Å². The van der Waals surface area contributed by atoms with E-state index in [4.69, 9.17) is 0 Å². The maximum atomic E-state index is 13.3. The van der Waals surface area contributed by atoms with Gasteiger partial charge in [-0.3, -0.25) is 0 Å². The van der Waals surface area contributed by atoms with Crippen molar-refractivity contribution in [2.24, 2.45) is 0 Å². The van der Waals surface area contributed by atoms with Gasteiger partial charge in [0.25, 0.3) is 0 Å². The molecule has 39 heavy (non-hydrogen) atoms. The number of aromatic nitrogens is 2. The molecule has 1 atom stereocenters. The predicted octanol–water partition coefficient (Wildman–Crippen LogP) is 3.44. The average molecular weight is 575 g/mol. The molecule has 13 heteroatoms. The molecular formula is C26H36N7O4S2+. The van der Waals surface area contributed by atoms with Crippen LogP contribution in [0.25, 0.3) is 0 Å². The number of hydrogen-bond acceptors (Lipinski definition) is 8. The molecule has 3 aromatic rings. The van der Waals surface area contributed by atoms with Gasteiger partial charge < -0.3 is 15.5 Å². The zero-order valence-electron chi connectivity index (χ0n) is 22.8. The lowest BCUT2D eigenvalue weighted by Gasteiger charge is -2.29. The number of likely N-dealkylation sites (N-methyl/N-ethyl adjacent to an activating group) is 1. The summed E-state index contributed by atoms with van der Waals surface area (Å²) in [5, 5.41) is 6.29. The summed E-state index contributed by atoms with van der Waals surface area (Å²) in [4.78, 5) is 11.5. The van der Waals surface area contributed by atoms with Gasteiger partial charge in [-0.15, -0.1) is 0 Å². The summed E-state index contributed by atoms with van der Waals surface area (Å²) >= 11 is 0. The minimum absolute atomic E-state index is 0.136. The van der Waals surface area contributed by atoms with Crippen LogP contribution in [0.4, 0.5) is 23.1 Å². The van der Waals surface area contributed by atoms with Crippen molar-refractivity contribution in [3.63, 3.8) is 0 Å². The highest BCUT2D eigenvalue weighted by atomic mass is 32.2. The van der Waals surface area contributed by atoms with Gasteiger partial charge in [0.15, 0.2) is 0 Å². The summed E-state index contributed by atoms with van der Waals surface area (Å²) in [7, 11) is -5.08. The first-order chi connectivity index (χ1) is 18.2. The Morgan fingerprint density at radius 3 is 2.13 bits per heavy atom. The molecule has 210 valence electrons. The number of benzene rings is 2. The molecule has 1 aliphatic heterocycles. The summed E-state index contributed by atoms with van der Waals surface area (Å²) in [6, 6.07) is 13.3. The Bertz CT molecular complexity index is 1550. The molecule has 1 saturated heterocycles. The van der Waals surface area contributed by atoms with Gasteiger partial charge in [0.1, 0.15) is 10.7 Å². The fourth-order valence-corrected chi connectivity index (χ4v) is 6.98. The topological polar surface area (TPSA) is 141 Å². The van der Waals surface area contributed by atoms with Crippen LogP contribution < -0.4 is 15.4 Å². The largest absolute Gasteiger partial charge is 0.375 e. The fourth-order valence-electron chi connectivity index (χ4n) is 4.02. The molecule has 11 nitrogen and oxygen atoms in total. The highest BCUT2D eigenvalue weighted by molar-refractivity contribution is 7.89. The number of nitrogens with zero attached hydrogens (tertiary/aromatic N) is 4. The van der Waals surface area contributed by atoms with Crippen LogP contribution in [0.5, 0.6) is 0 Å². The second-order valence-corrected chi connectivity index (χ2v) is 14.3. The first-order valence-electron chi connectivity index (χ1n) is 12.6. The number of anilines is 4.